The number of aliphatic imine (C=N–C) groups is 1. The van der Waals surface area contributed by atoms with Crippen molar-refractivity contribution in [2.75, 3.05) is 13.1 Å². The van der Waals surface area contributed by atoms with E-state index in [0.29, 0.717) is 13.0 Å². The summed E-state index contributed by atoms with van der Waals surface area (Å²) < 4.78 is 13.3. The highest BCUT2D eigenvalue weighted by atomic mass is 35.5. The van der Waals surface area contributed by atoms with Gasteiger partial charge in [-0.15, -0.1) is 12.4 Å². The van der Waals surface area contributed by atoms with Gasteiger partial charge in [-0.1, -0.05) is 0 Å². The molecule has 0 radical (unpaired) electrons. The van der Waals surface area contributed by atoms with E-state index >= 15 is 0 Å². The Morgan fingerprint density at radius 3 is 2.93 bits per heavy atom. The van der Waals surface area contributed by atoms with Crippen molar-refractivity contribution in [2.45, 2.75) is 18.6 Å². The molecule has 0 spiro atoms. The lowest BCUT2D eigenvalue weighted by Gasteiger charge is -2.39. The van der Waals surface area contributed by atoms with Crippen molar-refractivity contribution in [1.29, 1.82) is 0 Å². The summed E-state index contributed by atoms with van der Waals surface area (Å²) in [6.45, 7) is 1.06. The van der Waals surface area contributed by atoms with Crippen molar-refractivity contribution in [3.63, 3.8) is 0 Å². The third-order valence-electron chi connectivity index (χ3n) is 2.42. The Hall–Kier alpha value is -0.850. The van der Waals surface area contributed by atoms with Gasteiger partial charge in [0.1, 0.15) is 12.5 Å². The Morgan fingerprint density at radius 2 is 2.33 bits per heavy atom. The van der Waals surface area contributed by atoms with E-state index in [0.717, 1.165) is 6.54 Å². The zero-order valence-corrected chi connectivity index (χ0v) is 9.03. The van der Waals surface area contributed by atoms with E-state index in [9.17, 15) is 4.39 Å². The number of nitrogens with two attached hydrogens (primary N) is 1. The molecule has 2 rings (SSSR count). The Balaban J connectivity index is 0.00000112. The highest BCUT2D eigenvalue weighted by Crippen LogP contribution is 2.13. The van der Waals surface area contributed by atoms with Crippen molar-refractivity contribution in [2.24, 2.45) is 10.7 Å². The summed E-state index contributed by atoms with van der Waals surface area (Å²) in [6, 6.07) is -0.330. The van der Waals surface area contributed by atoms with Gasteiger partial charge in [0.25, 0.3) is 0 Å². The molecule has 5 nitrogen and oxygen atoms in total. The van der Waals surface area contributed by atoms with Crippen LogP contribution >= 0.6 is 12.4 Å². The SMILES string of the molecule is Cl.NC1CCN(N2C=NC=CN2)CC1F. The molecule has 0 aliphatic carbocycles. The molecule has 0 saturated carbocycles. The predicted molar refractivity (Wildman–Crippen MR) is 58.9 cm³/mol. The minimum atomic E-state index is -0.968. The van der Waals surface area contributed by atoms with Crippen LogP contribution in [-0.2, 0) is 0 Å². The molecule has 0 aromatic heterocycles. The second-order valence-corrected chi connectivity index (χ2v) is 3.44. The molecule has 86 valence electrons. The number of alkyl halides is 1. The number of halogens is 2. The first-order valence-corrected chi connectivity index (χ1v) is 4.65. The van der Waals surface area contributed by atoms with Crippen LogP contribution in [0.25, 0.3) is 0 Å². The number of piperidine rings is 1. The van der Waals surface area contributed by atoms with Gasteiger partial charge in [0.15, 0.2) is 0 Å². The zero-order valence-electron chi connectivity index (χ0n) is 8.21. The van der Waals surface area contributed by atoms with Gasteiger partial charge < -0.3 is 5.73 Å². The fourth-order valence-corrected chi connectivity index (χ4v) is 1.55. The van der Waals surface area contributed by atoms with Crippen molar-refractivity contribution in [3.8, 4) is 0 Å². The van der Waals surface area contributed by atoms with Crippen LogP contribution in [0.1, 0.15) is 6.42 Å². The molecular formula is C8H15ClFN5. The Kier molecular flexibility index (Phi) is 4.31. The van der Waals surface area contributed by atoms with Crippen molar-refractivity contribution >= 4 is 18.7 Å². The Labute approximate surface area is 94.2 Å². The van der Waals surface area contributed by atoms with Gasteiger partial charge in [0.2, 0.25) is 0 Å². The van der Waals surface area contributed by atoms with Crippen LogP contribution in [-0.4, -0.2) is 41.8 Å². The summed E-state index contributed by atoms with van der Waals surface area (Å²) in [5, 5.41) is 3.53. The van der Waals surface area contributed by atoms with E-state index in [1.165, 1.54) is 0 Å². The van der Waals surface area contributed by atoms with E-state index in [1.54, 1.807) is 23.9 Å². The molecule has 1 saturated heterocycles. The highest BCUT2D eigenvalue weighted by molar-refractivity contribution is 5.85. The largest absolute Gasteiger partial charge is 0.325 e. The van der Waals surface area contributed by atoms with Gasteiger partial charge in [0, 0.05) is 25.0 Å². The maximum atomic E-state index is 13.3. The van der Waals surface area contributed by atoms with E-state index in [4.69, 9.17) is 5.73 Å². The molecule has 2 aliphatic heterocycles. The van der Waals surface area contributed by atoms with E-state index in [2.05, 4.69) is 10.4 Å². The number of hydrazine groups is 2. The fourth-order valence-electron chi connectivity index (χ4n) is 1.55. The molecule has 15 heavy (non-hydrogen) atoms. The number of nitrogens with zero attached hydrogens (tertiary/aromatic N) is 3. The molecular weight excluding hydrogens is 221 g/mol. The number of nitrogens with one attached hydrogen (secondary N) is 1. The lowest BCUT2D eigenvalue weighted by Crippen LogP contribution is -2.57. The van der Waals surface area contributed by atoms with E-state index in [1.807, 2.05) is 5.01 Å². The second kappa shape index (κ2) is 5.29. The maximum absolute atomic E-state index is 13.3. The topological polar surface area (TPSA) is 56.9 Å². The summed E-state index contributed by atoms with van der Waals surface area (Å²) in [4.78, 5) is 3.94. The van der Waals surface area contributed by atoms with Crippen molar-refractivity contribution in [3.05, 3.63) is 12.4 Å². The van der Waals surface area contributed by atoms with Crippen molar-refractivity contribution < 1.29 is 4.39 Å². The molecule has 1 fully saturated rings. The van der Waals surface area contributed by atoms with Gasteiger partial charge in [-0.25, -0.2) is 14.5 Å². The average Bonchev–Trinajstić information content (AvgIpc) is 2.23. The molecule has 0 aromatic carbocycles. The third-order valence-corrected chi connectivity index (χ3v) is 2.42. The lowest BCUT2D eigenvalue weighted by atomic mass is 10.1. The summed E-state index contributed by atoms with van der Waals surface area (Å²) in [6.07, 6.45) is 4.64. The summed E-state index contributed by atoms with van der Waals surface area (Å²) in [5.74, 6) is 0. The number of hydrogen-bond donors (Lipinski definition) is 2. The van der Waals surface area contributed by atoms with Crippen LogP contribution in [0.2, 0.25) is 0 Å². The van der Waals surface area contributed by atoms with Crippen molar-refractivity contribution in [1.82, 2.24) is 15.6 Å². The molecule has 2 atom stereocenters. The first kappa shape index (κ1) is 12.2. The standard InChI is InChI=1S/C8H14FN5.ClH/c9-7-5-13(4-1-8(7)10)14-6-11-2-3-12-14;/h2-3,6-8,12H,1,4-5,10H2;1H. The lowest BCUT2D eigenvalue weighted by molar-refractivity contribution is -0.0320. The van der Waals surface area contributed by atoms with E-state index < -0.39 is 6.17 Å². The van der Waals surface area contributed by atoms with Gasteiger partial charge in [-0.2, -0.15) is 5.01 Å². The van der Waals surface area contributed by atoms with Crippen LogP contribution in [0.15, 0.2) is 17.4 Å². The molecule has 0 bridgehead atoms. The van der Waals surface area contributed by atoms with Crippen LogP contribution in [0, 0.1) is 0 Å². The Morgan fingerprint density at radius 1 is 1.53 bits per heavy atom. The second-order valence-electron chi connectivity index (χ2n) is 3.44. The molecule has 2 unspecified atom stereocenters. The number of hydrogen-bond acceptors (Lipinski definition) is 5. The van der Waals surface area contributed by atoms with Gasteiger partial charge >= 0.3 is 0 Å². The van der Waals surface area contributed by atoms with Crippen LogP contribution in [0.4, 0.5) is 4.39 Å². The van der Waals surface area contributed by atoms with Crippen LogP contribution in [0.5, 0.6) is 0 Å². The third kappa shape index (κ3) is 2.80. The monoisotopic (exact) mass is 235 g/mol. The first-order chi connectivity index (χ1) is 6.77. The smallest absolute Gasteiger partial charge is 0.130 e. The summed E-state index contributed by atoms with van der Waals surface area (Å²) in [5.41, 5.74) is 8.53. The van der Waals surface area contributed by atoms with E-state index in [-0.39, 0.29) is 18.4 Å². The minimum absolute atomic E-state index is 0. The predicted octanol–water partition coefficient (Wildman–Crippen LogP) is 0.0140. The minimum Gasteiger partial charge on any atom is -0.325 e. The molecule has 0 aromatic rings. The molecule has 2 heterocycles. The average molecular weight is 236 g/mol. The molecule has 2 aliphatic rings. The summed E-state index contributed by atoms with van der Waals surface area (Å²) in [7, 11) is 0. The van der Waals surface area contributed by atoms with Gasteiger partial charge in [-0.3, -0.25) is 5.43 Å². The number of rotatable bonds is 1. The fraction of sp³-hybridized carbons (Fsp3) is 0.625. The van der Waals surface area contributed by atoms with Crippen LogP contribution < -0.4 is 11.2 Å². The Bertz CT molecular complexity index is 259. The molecule has 7 heteroatoms. The zero-order chi connectivity index (χ0) is 9.97. The summed E-state index contributed by atoms with van der Waals surface area (Å²) >= 11 is 0. The van der Waals surface area contributed by atoms with Gasteiger partial charge in [-0.05, 0) is 6.42 Å². The quantitative estimate of drug-likeness (QED) is 0.673. The molecule has 3 N–H and O–H groups in total. The first-order valence-electron chi connectivity index (χ1n) is 4.65. The normalized spacial score (nSPS) is 30.9. The highest BCUT2D eigenvalue weighted by Gasteiger charge is 2.28. The van der Waals surface area contributed by atoms with Crippen LogP contribution in [0.3, 0.4) is 0 Å². The molecule has 0 amide bonds. The van der Waals surface area contributed by atoms with Gasteiger partial charge in [0.05, 0.1) is 6.54 Å². The maximum Gasteiger partial charge on any atom is 0.130 e.